The maximum atomic E-state index is 13.7. The molecule has 0 radical (unpaired) electrons. The molecule has 0 aliphatic carbocycles. The molecule has 3 aromatic rings. The highest BCUT2D eigenvalue weighted by Gasteiger charge is 2.34. The lowest BCUT2D eigenvalue weighted by atomic mass is 10.00. The summed E-state index contributed by atoms with van der Waals surface area (Å²) in [6, 6.07) is 8.52. The Labute approximate surface area is 135 Å². The molecule has 2 aromatic heterocycles. The molecule has 0 bridgehead atoms. The SMILES string of the molecule is O=C(Nc1cccnc1)C1CN(c2nc3c(F)cccc3s2)C1. The van der Waals surface area contributed by atoms with E-state index >= 15 is 0 Å². The van der Waals surface area contributed by atoms with Crippen LogP contribution in [0.15, 0.2) is 42.7 Å². The molecular weight excluding hydrogens is 315 g/mol. The second kappa shape index (κ2) is 5.58. The largest absolute Gasteiger partial charge is 0.346 e. The predicted octanol–water partition coefficient (Wildman–Crippen LogP) is 2.91. The molecule has 116 valence electrons. The van der Waals surface area contributed by atoms with E-state index in [1.54, 1.807) is 30.6 Å². The number of benzene rings is 1. The summed E-state index contributed by atoms with van der Waals surface area (Å²) in [4.78, 5) is 22.5. The molecule has 1 saturated heterocycles. The molecule has 1 N–H and O–H groups in total. The summed E-state index contributed by atoms with van der Waals surface area (Å²) in [6.07, 6.45) is 3.28. The molecule has 1 amide bonds. The molecule has 0 atom stereocenters. The first-order valence-electron chi connectivity index (χ1n) is 7.21. The number of nitrogens with zero attached hydrogens (tertiary/aromatic N) is 3. The number of hydrogen-bond acceptors (Lipinski definition) is 5. The lowest BCUT2D eigenvalue weighted by Gasteiger charge is -2.37. The summed E-state index contributed by atoms with van der Waals surface area (Å²) in [5.41, 5.74) is 1.09. The second-order valence-corrected chi connectivity index (χ2v) is 6.42. The quantitative estimate of drug-likeness (QED) is 0.803. The first-order valence-corrected chi connectivity index (χ1v) is 8.03. The molecule has 1 aliphatic rings. The first kappa shape index (κ1) is 14.1. The molecule has 7 heteroatoms. The van der Waals surface area contributed by atoms with Gasteiger partial charge in [-0.2, -0.15) is 0 Å². The fourth-order valence-corrected chi connectivity index (χ4v) is 3.52. The van der Waals surface area contributed by atoms with Crippen LogP contribution < -0.4 is 10.2 Å². The average Bonchev–Trinajstić information content (AvgIpc) is 2.92. The average molecular weight is 328 g/mol. The molecule has 0 spiro atoms. The van der Waals surface area contributed by atoms with Gasteiger partial charge in [-0.3, -0.25) is 9.78 Å². The van der Waals surface area contributed by atoms with Crippen molar-refractivity contribution < 1.29 is 9.18 Å². The van der Waals surface area contributed by atoms with Crippen molar-refractivity contribution in [2.24, 2.45) is 5.92 Å². The lowest BCUT2D eigenvalue weighted by Crippen LogP contribution is -2.52. The fraction of sp³-hybridized carbons (Fsp3) is 0.188. The summed E-state index contributed by atoms with van der Waals surface area (Å²) < 4.78 is 14.5. The van der Waals surface area contributed by atoms with Crippen LogP contribution in [0.2, 0.25) is 0 Å². The maximum absolute atomic E-state index is 13.7. The Kier molecular flexibility index (Phi) is 3.42. The van der Waals surface area contributed by atoms with Crippen LogP contribution in [0.3, 0.4) is 0 Å². The standard InChI is InChI=1S/C16H13FN4OS/c17-12-4-1-5-13-14(12)20-16(23-13)21-8-10(9-21)15(22)19-11-3-2-6-18-7-11/h1-7,10H,8-9H2,(H,19,22). The number of thiazole rings is 1. The van der Waals surface area contributed by atoms with E-state index in [1.807, 2.05) is 11.0 Å². The van der Waals surface area contributed by atoms with Gasteiger partial charge in [0.25, 0.3) is 0 Å². The van der Waals surface area contributed by atoms with E-state index < -0.39 is 0 Å². The van der Waals surface area contributed by atoms with Gasteiger partial charge in [0.15, 0.2) is 5.13 Å². The van der Waals surface area contributed by atoms with Gasteiger partial charge in [0.05, 0.1) is 22.5 Å². The molecule has 23 heavy (non-hydrogen) atoms. The minimum Gasteiger partial charge on any atom is -0.346 e. The van der Waals surface area contributed by atoms with Gasteiger partial charge in [-0.25, -0.2) is 9.37 Å². The highest BCUT2D eigenvalue weighted by Crippen LogP contribution is 2.34. The van der Waals surface area contributed by atoms with Gasteiger partial charge in [-0.05, 0) is 24.3 Å². The molecule has 0 unspecified atom stereocenters. The zero-order chi connectivity index (χ0) is 15.8. The third-order valence-electron chi connectivity index (χ3n) is 3.81. The number of hydrogen-bond donors (Lipinski definition) is 1. The number of carbonyl (C=O) groups excluding carboxylic acids is 1. The van der Waals surface area contributed by atoms with E-state index in [0.717, 1.165) is 9.83 Å². The Morgan fingerprint density at radius 1 is 1.30 bits per heavy atom. The lowest BCUT2D eigenvalue weighted by molar-refractivity contribution is -0.120. The fourth-order valence-electron chi connectivity index (χ4n) is 2.52. The van der Waals surface area contributed by atoms with Crippen LogP contribution in [0.25, 0.3) is 10.2 Å². The van der Waals surface area contributed by atoms with Gasteiger partial charge in [-0.1, -0.05) is 17.4 Å². The summed E-state index contributed by atoms with van der Waals surface area (Å²) >= 11 is 1.45. The predicted molar refractivity (Wildman–Crippen MR) is 88.1 cm³/mol. The number of halogens is 1. The van der Waals surface area contributed by atoms with Crippen LogP contribution >= 0.6 is 11.3 Å². The van der Waals surface area contributed by atoms with Gasteiger partial charge in [0.1, 0.15) is 11.3 Å². The zero-order valence-corrected chi connectivity index (χ0v) is 12.9. The van der Waals surface area contributed by atoms with Crippen LogP contribution in [0.4, 0.5) is 15.2 Å². The van der Waals surface area contributed by atoms with Crippen molar-refractivity contribution in [3.8, 4) is 0 Å². The molecule has 5 nitrogen and oxygen atoms in total. The van der Waals surface area contributed by atoms with Crippen molar-refractivity contribution in [3.63, 3.8) is 0 Å². The minimum absolute atomic E-state index is 0.0264. The van der Waals surface area contributed by atoms with Crippen LogP contribution in [0.5, 0.6) is 0 Å². The highest BCUT2D eigenvalue weighted by atomic mass is 32.1. The Hall–Kier alpha value is -2.54. The third-order valence-corrected chi connectivity index (χ3v) is 4.89. The van der Waals surface area contributed by atoms with Crippen LogP contribution in [-0.2, 0) is 4.79 Å². The number of rotatable bonds is 3. The Balaban J connectivity index is 1.42. The molecule has 1 fully saturated rings. The maximum Gasteiger partial charge on any atom is 0.231 e. The van der Waals surface area contributed by atoms with E-state index in [-0.39, 0.29) is 17.6 Å². The summed E-state index contributed by atoms with van der Waals surface area (Å²) in [5, 5.41) is 3.61. The third kappa shape index (κ3) is 2.63. The van der Waals surface area contributed by atoms with Crippen molar-refractivity contribution in [1.29, 1.82) is 0 Å². The highest BCUT2D eigenvalue weighted by molar-refractivity contribution is 7.22. The van der Waals surface area contributed by atoms with Crippen LogP contribution in [-0.4, -0.2) is 29.0 Å². The van der Waals surface area contributed by atoms with Crippen molar-refractivity contribution in [3.05, 3.63) is 48.5 Å². The van der Waals surface area contributed by atoms with Gasteiger partial charge in [0.2, 0.25) is 5.91 Å². The monoisotopic (exact) mass is 328 g/mol. The number of nitrogens with one attached hydrogen (secondary N) is 1. The molecule has 3 heterocycles. The van der Waals surface area contributed by atoms with E-state index in [1.165, 1.54) is 17.4 Å². The number of anilines is 2. The Morgan fingerprint density at radius 2 is 2.17 bits per heavy atom. The normalized spacial score (nSPS) is 14.7. The van der Waals surface area contributed by atoms with Crippen molar-refractivity contribution >= 4 is 38.3 Å². The van der Waals surface area contributed by atoms with Gasteiger partial charge >= 0.3 is 0 Å². The number of fused-ring (bicyclic) bond motifs is 1. The Morgan fingerprint density at radius 3 is 2.91 bits per heavy atom. The number of pyridine rings is 1. The van der Waals surface area contributed by atoms with E-state index in [0.29, 0.717) is 24.3 Å². The van der Waals surface area contributed by atoms with Crippen molar-refractivity contribution in [1.82, 2.24) is 9.97 Å². The van der Waals surface area contributed by atoms with Crippen LogP contribution in [0, 0.1) is 11.7 Å². The molecule has 4 rings (SSSR count). The summed E-state index contributed by atoms with van der Waals surface area (Å²) in [5.74, 6) is -0.426. The van der Waals surface area contributed by atoms with Gasteiger partial charge in [0, 0.05) is 19.3 Å². The number of carbonyl (C=O) groups is 1. The van der Waals surface area contributed by atoms with Gasteiger partial charge < -0.3 is 10.2 Å². The van der Waals surface area contributed by atoms with Crippen molar-refractivity contribution in [2.75, 3.05) is 23.3 Å². The zero-order valence-electron chi connectivity index (χ0n) is 12.1. The van der Waals surface area contributed by atoms with E-state index in [2.05, 4.69) is 15.3 Å². The van der Waals surface area contributed by atoms with Crippen LogP contribution in [0.1, 0.15) is 0 Å². The number of para-hydroxylation sites is 1. The number of amides is 1. The molecule has 1 aliphatic heterocycles. The topological polar surface area (TPSA) is 58.1 Å². The number of aromatic nitrogens is 2. The Bertz CT molecular complexity index is 861. The molecular formula is C16H13FN4OS. The second-order valence-electron chi connectivity index (χ2n) is 5.42. The molecule has 0 saturated carbocycles. The summed E-state index contributed by atoms with van der Waals surface area (Å²) in [6.45, 7) is 1.18. The van der Waals surface area contributed by atoms with Crippen molar-refractivity contribution in [2.45, 2.75) is 0 Å². The minimum atomic E-state index is -0.309. The van der Waals surface area contributed by atoms with E-state index in [4.69, 9.17) is 0 Å². The molecule has 1 aromatic carbocycles. The van der Waals surface area contributed by atoms with E-state index in [9.17, 15) is 9.18 Å². The first-order chi connectivity index (χ1) is 11.2. The van der Waals surface area contributed by atoms with Gasteiger partial charge in [-0.15, -0.1) is 0 Å². The smallest absolute Gasteiger partial charge is 0.231 e. The summed E-state index contributed by atoms with van der Waals surface area (Å²) in [7, 11) is 0.